The first-order valence-electron chi connectivity index (χ1n) is 7.59. The summed E-state index contributed by atoms with van der Waals surface area (Å²) < 4.78 is 5.94. The number of rotatable bonds is 1. The number of thioether (sulfide) groups is 1. The summed E-state index contributed by atoms with van der Waals surface area (Å²) in [5, 5.41) is 0. The molecule has 2 aliphatic heterocycles. The first-order valence-corrected chi connectivity index (χ1v) is 8.74. The van der Waals surface area contributed by atoms with Crippen molar-refractivity contribution in [3.63, 3.8) is 0 Å². The Bertz CT molecular complexity index is 396. The first kappa shape index (κ1) is 15.2. The van der Waals surface area contributed by atoms with Gasteiger partial charge in [0.25, 0.3) is 0 Å². The summed E-state index contributed by atoms with van der Waals surface area (Å²) in [7, 11) is 0. The Kier molecular flexibility index (Phi) is 4.44. The topological polar surface area (TPSA) is 50.9 Å². The minimum absolute atomic E-state index is 0. The van der Waals surface area contributed by atoms with E-state index in [-0.39, 0.29) is 24.0 Å². The molecule has 2 aliphatic carbocycles. The van der Waals surface area contributed by atoms with Crippen molar-refractivity contribution < 1.29 is 4.74 Å². The predicted octanol–water partition coefficient (Wildman–Crippen LogP) is 1.93. The van der Waals surface area contributed by atoms with Crippen molar-refractivity contribution >= 4 is 41.7 Å². The molecule has 0 amide bonds. The molecule has 20 heavy (non-hydrogen) atoms. The third-order valence-corrected chi connectivity index (χ3v) is 6.53. The molecule has 0 radical (unpaired) electrons. The Morgan fingerprint density at radius 1 is 1.30 bits per heavy atom. The molecule has 114 valence electrons. The van der Waals surface area contributed by atoms with E-state index in [1.54, 1.807) is 0 Å². The SMILES string of the molecule is I.NC(=NC1C2CCOC2C12CCC2)N1CCSCC1. The normalized spacial score (nSPS) is 38.7. The second kappa shape index (κ2) is 5.83. The lowest BCUT2D eigenvalue weighted by atomic mass is 9.46. The quantitative estimate of drug-likeness (QED) is 0.409. The molecule has 4 fully saturated rings. The molecule has 0 aromatic heterocycles. The zero-order valence-corrected chi connectivity index (χ0v) is 14.9. The van der Waals surface area contributed by atoms with E-state index in [1.807, 2.05) is 11.8 Å². The fourth-order valence-electron chi connectivity index (χ4n) is 4.40. The van der Waals surface area contributed by atoms with Gasteiger partial charge in [-0.25, -0.2) is 4.99 Å². The second-order valence-corrected chi connectivity index (χ2v) is 7.59. The lowest BCUT2D eigenvalue weighted by Crippen LogP contribution is -2.66. The van der Waals surface area contributed by atoms with Crippen LogP contribution >= 0.6 is 35.7 Å². The first-order chi connectivity index (χ1) is 9.31. The molecule has 6 heteroatoms. The van der Waals surface area contributed by atoms with Crippen LogP contribution in [0.15, 0.2) is 4.99 Å². The van der Waals surface area contributed by atoms with Crippen molar-refractivity contribution in [2.75, 3.05) is 31.2 Å². The van der Waals surface area contributed by atoms with Crippen molar-refractivity contribution in [3.05, 3.63) is 0 Å². The van der Waals surface area contributed by atoms with E-state index < -0.39 is 0 Å². The van der Waals surface area contributed by atoms with Gasteiger partial charge in [-0.05, 0) is 19.3 Å². The van der Waals surface area contributed by atoms with Gasteiger partial charge in [-0.1, -0.05) is 6.42 Å². The maximum atomic E-state index is 6.27. The standard InChI is InChI=1S/C14H23N3OS.HI/c15-13(17-5-8-19-9-6-17)16-11-10-2-7-18-12(10)14(11)3-1-4-14;/h10-12H,1-9H2,(H2,15,16);1H. The zero-order valence-electron chi connectivity index (χ0n) is 11.8. The summed E-state index contributed by atoms with van der Waals surface area (Å²) in [4.78, 5) is 7.22. The van der Waals surface area contributed by atoms with Crippen LogP contribution in [0.2, 0.25) is 0 Å². The molecular weight excluding hydrogens is 385 g/mol. The number of guanidine groups is 1. The van der Waals surface area contributed by atoms with Crippen LogP contribution in [0.3, 0.4) is 0 Å². The van der Waals surface area contributed by atoms with Crippen LogP contribution in [0.1, 0.15) is 25.7 Å². The number of hydrogen-bond acceptors (Lipinski definition) is 3. The smallest absolute Gasteiger partial charge is 0.191 e. The van der Waals surface area contributed by atoms with Crippen LogP contribution in [-0.2, 0) is 4.74 Å². The fourth-order valence-corrected chi connectivity index (χ4v) is 5.31. The van der Waals surface area contributed by atoms with Gasteiger partial charge in [-0.15, -0.1) is 24.0 Å². The summed E-state index contributed by atoms with van der Waals surface area (Å²) in [6.07, 6.45) is 5.62. The molecule has 4 rings (SSSR count). The molecular formula is C14H24IN3OS. The molecule has 4 aliphatic rings. The summed E-state index contributed by atoms with van der Waals surface area (Å²) in [5.41, 5.74) is 6.64. The molecule has 0 aromatic carbocycles. The van der Waals surface area contributed by atoms with Crippen molar-refractivity contribution in [2.24, 2.45) is 22.1 Å². The fraction of sp³-hybridized carbons (Fsp3) is 0.929. The van der Waals surface area contributed by atoms with Crippen LogP contribution in [0.25, 0.3) is 0 Å². The summed E-state index contributed by atoms with van der Waals surface area (Å²) in [6.45, 7) is 3.05. The Morgan fingerprint density at radius 3 is 2.70 bits per heavy atom. The van der Waals surface area contributed by atoms with E-state index in [0.29, 0.717) is 23.5 Å². The van der Waals surface area contributed by atoms with Crippen LogP contribution in [-0.4, -0.2) is 54.2 Å². The molecule has 1 spiro atoms. The number of hydrogen-bond donors (Lipinski definition) is 1. The van der Waals surface area contributed by atoms with E-state index >= 15 is 0 Å². The molecule has 0 aromatic rings. The van der Waals surface area contributed by atoms with Crippen LogP contribution in [0.5, 0.6) is 0 Å². The molecule has 2 N–H and O–H groups in total. The van der Waals surface area contributed by atoms with Gasteiger partial charge in [0, 0.05) is 42.5 Å². The highest BCUT2D eigenvalue weighted by atomic mass is 127. The Morgan fingerprint density at radius 2 is 2.05 bits per heavy atom. The Balaban J connectivity index is 0.00000121. The van der Waals surface area contributed by atoms with E-state index in [9.17, 15) is 0 Å². The van der Waals surface area contributed by atoms with E-state index in [0.717, 1.165) is 25.7 Å². The van der Waals surface area contributed by atoms with Crippen LogP contribution < -0.4 is 5.73 Å². The molecule has 2 heterocycles. The van der Waals surface area contributed by atoms with Gasteiger partial charge < -0.3 is 15.4 Å². The largest absolute Gasteiger partial charge is 0.377 e. The van der Waals surface area contributed by atoms with Gasteiger partial charge in [-0.2, -0.15) is 11.8 Å². The highest BCUT2D eigenvalue weighted by molar-refractivity contribution is 14.0. The Hall–Kier alpha value is 0.310. The highest BCUT2D eigenvalue weighted by Gasteiger charge is 2.66. The van der Waals surface area contributed by atoms with E-state index in [2.05, 4.69) is 4.90 Å². The number of nitrogens with two attached hydrogens (primary N) is 1. The van der Waals surface area contributed by atoms with E-state index in [4.69, 9.17) is 15.5 Å². The van der Waals surface area contributed by atoms with Crippen LogP contribution in [0.4, 0.5) is 0 Å². The highest BCUT2D eigenvalue weighted by Crippen LogP contribution is 2.64. The number of ether oxygens (including phenoxy) is 1. The van der Waals surface area contributed by atoms with E-state index in [1.165, 1.54) is 37.2 Å². The summed E-state index contributed by atoms with van der Waals surface area (Å²) >= 11 is 2.01. The van der Waals surface area contributed by atoms with Gasteiger partial charge in [0.2, 0.25) is 0 Å². The average molecular weight is 409 g/mol. The number of nitrogens with zero attached hydrogens (tertiary/aromatic N) is 2. The minimum atomic E-state index is 0. The maximum Gasteiger partial charge on any atom is 0.191 e. The van der Waals surface area contributed by atoms with Crippen molar-refractivity contribution in [3.8, 4) is 0 Å². The van der Waals surface area contributed by atoms with Gasteiger partial charge in [0.1, 0.15) is 0 Å². The van der Waals surface area contributed by atoms with Gasteiger partial charge in [0.05, 0.1) is 12.1 Å². The summed E-state index contributed by atoms with van der Waals surface area (Å²) in [6, 6.07) is 0.448. The minimum Gasteiger partial charge on any atom is -0.377 e. The van der Waals surface area contributed by atoms with Crippen molar-refractivity contribution in [1.29, 1.82) is 0 Å². The third kappa shape index (κ3) is 2.17. The molecule has 3 unspecified atom stereocenters. The molecule has 3 atom stereocenters. The lowest BCUT2D eigenvalue weighted by molar-refractivity contribution is -0.164. The van der Waals surface area contributed by atoms with Gasteiger partial charge >= 0.3 is 0 Å². The summed E-state index contributed by atoms with van der Waals surface area (Å²) in [5.74, 6) is 3.81. The predicted molar refractivity (Wildman–Crippen MR) is 93.9 cm³/mol. The van der Waals surface area contributed by atoms with Crippen molar-refractivity contribution in [2.45, 2.75) is 37.8 Å². The number of fused-ring (bicyclic) bond motifs is 2. The van der Waals surface area contributed by atoms with Gasteiger partial charge in [-0.3, -0.25) is 0 Å². The second-order valence-electron chi connectivity index (χ2n) is 6.36. The average Bonchev–Trinajstić information content (AvgIpc) is 2.80. The lowest BCUT2D eigenvalue weighted by Gasteiger charge is -2.61. The third-order valence-electron chi connectivity index (χ3n) is 5.59. The zero-order chi connectivity index (χ0) is 12.9. The van der Waals surface area contributed by atoms with Gasteiger partial charge in [0.15, 0.2) is 5.96 Å². The van der Waals surface area contributed by atoms with Crippen LogP contribution in [0, 0.1) is 11.3 Å². The molecule has 2 saturated carbocycles. The monoisotopic (exact) mass is 409 g/mol. The molecule has 4 nitrogen and oxygen atoms in total. The Labute approximate surface area is 142 Å². The van der Waals surface area contributed by atoms with Crippen molar-refractivity contribution in [1.82, 2.24) is 4.90 Å². The molecule has 0 bridgehead atoms. The number of aliphatic imine (C=N–C) groups is 1. The maximum absolute atomic E-state index is 6.27. The molecule has 2 saturated heterocycles. The number of halogens is 1.